The summed E-state index contributed by atoms with van der Waals surface area (Å²) in [5.74, 6) is -1.18. The van der Waals surface area contributed by atoms with Gasteiger partial charge in [-0.1, -0.05) is 11.8 Å². The molecule has 10 heteroatoms. The Labute approximate surface area is 176 Å². The number of hydrogen-bond acceptors (Lipinski definition) is 9. The lowest BCUT2D eigenvalue weighted by Gasteiger charge is -2.12. The van der Waals surface area contributed by atoms with Gasteiger partial charge in [-0.05, 0) is 45.9 Å². The third kappa shape index (κ3) is 5.07. The van der Waals surface area contributed by atoms with Crippen LogP contribution in [-0.2, 0) is 14.3 Å². The fraction of sp³-hybridized carbons (Fsp3) is 0.368. The monoisotopic (exact) mass is 431 g/mol. The molecule has 0 aliphatic carbocycles. The lowest BCUT2D eigenvalue weighted by atomic mass is 10.1. The number of nitrogens with zero attached hydrogens (tertiary/aromatic N) is 5. The van der Waals surface area contributed by atoms with E-state index in [9.17, 15) is 9.59 Å². The van der Waals surface area contributed by atoms with E-state index in [-0.39, 0.29) is 18.1 Å². The van der Waals surface area contributed by atoms with Gasteiger partial charge in [-0.3, -0.25) is 9.59 Å². The van der Waals surface area contributed by atoms with Crippen molar-refractivity contribution in [3.63, 3.8) is 0 Å². The molecule has 3 heterocycles. The summed E-state index contributed by atoms with van der Waals surface area (Å²) in [5.41, 5.74) is 2.63. The first-order valence-corrected chi connectivity index (χ1v) is 10.9. The van der Waals surface area contributed by atoms with E-state index in [4.69, 9.17) is 4.74 Å². The second-order valence-corrected chi connectivity index (χ2v) is 8.22. The Morgan fingerprint density at radius 3 is 2.55 bits per heavy atom. The molecule has 1 atom stereocenters. The van der Waals surface area contributed by atoms with Gasteiger partial charge in [0.25, 0.3) is 0 Å². The molecule has 3 aromatic rings. The second-order valence-electron chi connectivity index (χ2n) is 6.34. The lowest BCUT2D eigenvalue weighted by molar-refractivity contribution is -0.147. The molecule has 0 saturated carbocycles. The average molecular weight is 432 g/mol. The number of ketones is 1. The highest BCUT2D eigenvalue weighted by Crippen LogP contribution is 2.26. The van der Waals surface area contributed by atoms with E-state index in [1.165, 1.54) is 23.1 Å². The Morgan fingerprint density at radius 2 is 2.00 bits per heavy atom. The predicted octanol–water partition coefficient (Wildman–Crippen LogP) is 3.05. The molecule has 0 aliphatic rings. The van der Waals surface area contributed by atoms with Gasteiger partial charge in [0.1, 0.15) is 10.0 Å². The third-order valence-corrected chi connectivity index (χ3v) is 5.91. The molecule has 0 bridgehead atoms. The van der Waals surface area contributed by atoms with Crippen LogP contribution in [0.2, 0.25) is 0 Å². The number of Topliss-reactive ketones (excluding diaryl/α,β-unsaturated/α-hetero) is 1. The van der Waals surface area contributed by atoms with Crippen molar-refractivity contribution in [2.24, 2.45) is 0 Å². The van der Waals surface area contributed by atoms with Crippen molar-refractivity contribution in [3.05, 3.63) is 45.7 Å². The largest absolute Gasteiger partial charge is 0.465 e. The number of carbonyl (C=O) groups excluding carboxylic acids is 2. The summed E-state index contributed by atoms with van der Waals surface area (Å²) < 4.78 is 6.79. The van der Waals surface area contributed by atoms with E-state index in [0.717, 1.165) is 17.1 Å². The van der Waals surface area contributed by atoms with Crippen LogP contribution in [0.5, 0.6) is 0 Å². The maximum absolute atomic E-state index is 12.8. The fourth-order valence-electron chi connectivity index (χ4n) is 2.69. The van der Waals surface area contributed by atoms with Gasteiger partial charge in [-0.25, -0.2) is 9.67 Å². The summed E-state index contributed by atoms with van der Waals surface area (Å²) >= 11 is 2.51. The summed E-state index contributed by atoms with van der Waals surface area (Å²) in [6.07, 6.45) is 0. The minimum atomic E-state index is -1.01. The molecule has 152 valence electrons. The van der Waals surface area contributed by atoms with Gasteiger partial charge in [0.15, 0.2) is 17.5 Å². The molecular formula is C19H21N5O3S2. The average Bonchev–Trinajstić information content (AvgIpc) is 3.25. The Balaban J connectivity index is 1.69. The highest BCUT2D eigenvalue weighted by Gasteiger charge is 2.32. The molecule has 0 aromatic carbocycles. The highest BCUT2D eigenvalue weighted by atomic mass is 32.2. The van der Waals surface area contributed by atoms with Crippen molar-refractivity contribution in [1.82, 2.24) is 25.0 Å². The normalized spacial score (nSPS) is 12.0. The van der Waals surface area contributed by atoms with Crippen LogP contribution in [-0.4, -0.2) is 49.1 Å². The number of esters is 1. The molecule has 0 N–H and O–H groups in total. The molecule has 0 spiro atoms. The minimum Gasteiger partial charge on any atom is -0.465 e. The zero-order valence-corrected chi connectivity index (χ0v) is 18.2. The summed E-state index contributed by atoms with van der Waals surface area (Å²) in [6, 6.07) is 5.54. The third-order valence-electron chi connectivity index (χ3n) is 3.94. The number of ether oxygens (including phenoxy) is 1. The number of aromatic nitrogens is 5. The van der Waals surface area contributed by atoms with E-state index in [1.807, 2.05) is 32.2 Å². The van der Waals surface area contributed by atoms with Gasteiger partial charge in [-0.2, -0.15) is 5.10 Å². The van der Waals surface area contributed by atoms with Gasteiger partial charge in [0.05, 0.1) is 18.1 Å². The van der Waals surface area contributed by atoms with Gasteiger partial charge in [0.2, 0.25) is 0 Å². The van der Waals surface area contributed by atoms with Crippen LogP contribution in [0.3, 0.4) is 0 Å². The Morgan fingerprint density at radius 1 is 1.21 bits per heavy atom. The first-order valence-electron chi connectivity index (χ1n) is 9.00. The molecular weight excluding hydrogens is 410 g/mol. The van der Waals surface area contributed by atoms with Crippen LogP contribution >= 0.6 is 23.1 Å². The summed E-state index contributed by atoms with van der Waals surface area (Å²) in [4.78, 5) is 29.4. The zero-order valence-electron chi connectivity index (χ0n) is 16.6. The molecule has 8 nitrogen and oxygen atoms in total. The number of hydrogen-bond donors (Lipinski definition) is 0. The lowest BCUT2D eigenvalue weighted by Crippen LogP contribution is -2.25. The standard InChI is InChI=1S/C19H21N5O3S2/c1-5-27-19(26)17(18-20-12(3)9-29-18)14(25)10-28-16-7-6-15(21-22-16)24-13(4)8-11(2)23-24/h6-9,17H,5,10H2,1-4H3. The Kier molecular flexibility index (Phi) is 6.75. The summed E-state index contributed by atoms with van der Waals surface area (Å²) in [6.45, 7) is 7.59. The highest BCUT2D eigenvalue weighted by molar-refractivity contribution is 7.99. The number of rotatable bonds is 8. The molecule has 1 unspecified atom stereocenters. The number of thioether (sulfide) groups is 1. The van der Waals surface area contributed by atoms with E-state index >= 15 is 0 Å². The van der Waals surface area contributed by atoms with E-state index in [2.05, 4.69) is 20.3 Å². The van der Waals surface area contributed by atoms with Crippen molar-refractivity contribution in [2.75, 3.05) is 12.4 Å². The van der Waals surface area contributed by atoms with Crippen LogP contribution in [0, 0.1) is 20.8 Å². The molecule has 29 heavy (non-hydrogen) atoms. The first kappa shape index (κ1) is 21.1. The van der Waals surface area contributed by atoms with Crippen LogP contribution < -0.4 is 0 Å². The maximum atomic E-state index is 12.8. The van der Waals surface area contributed by atoms with Crippen LogP contribution in [0.25, 0.3) is 5.82 Å². The Hall–Kier alpha value is -2.59. The molecule has 0 fully saturated rings. The first-order chi connectivity index (χ1) is 13.9. The second kappa shape index (κ2) is 9.27. The van der Waals surface area contributed by atoms with E-state index < -0.39 is 11.9 Å². The van der Waals surface area contributed by atoms with Gasteiger partial charge in [0, 0.05) is 16.8 Å². The summed E-state index contributed by atoms with van der Waals surface area (Å²) in [7, 11) is 0. The molecule has 0 saturated heterocycles. The molecule has 3 aromatic heterocycles. The van der Waals surface area contributed by atoms with Gasteiger partial charge >= 0.3 is 5.97 Å². The minimum absolute atomic E-state index is 0.0655. The van der Waals surface area contributed by atoms with Crippen LogP contribution in [0.1, 0.15) is 34.9 Å². The van der Waals surface area contributed by atoms with Crippen molar-refractivity contribution in [1.29, 1.82) is 0 Å². The van der Waals surface area contributed by atoms with Gasteiger partial charge in [-0.15, -0.1) is 21.5 Å². The van der Waals surface area contributed by atoms with Crippen LogP contribution in [0.4, 0.5) is 0 Å². The number of carbonyl (C=O) groups is 2. The molecule has 3 rings (SSSR count). The summed E-state index contributed by atoms with van der Waals surface area (Å²) in [5, 5.41) is 15.6. The molecule has 0 radical (unpaired) electrons. The number of thiazole rings is 1. The quantitative estimate of drug-likeness (QED) is 0.305. The van der Waals surface area contributed by atoms with Crippen molar-refractivity contribution in [2.45, 2.75) is 38.6 Å². The van der Waals surface area contributed by atoms with E-state index in [0.29, 0.717) is 15.9 Å². The van der Waals surface area contributed by atoms with Gasteiger partial charge < -0.3 is 4.74 Å². The van der Waals surface area contributed by atoms with Crippen molar-refractivity contribution < 1.29 is 14.3 Å². The Bertz CT molecular complexity index is 1010. The predicted molar refractivity (Wildman–Crippen MR) is 111 cm³/mol. The molecule has 0 aliphatic heterocycles. The van der Waals surface area contributed by atoms with Crippen molar-refractivity contribution in [3.8, 4) is 5.82 Å². The topological polar surface area (TPSA) is 99.9 Å². The SMILES string of the molecule is CCOC(=O)C(C(=O)CSc1ccc(-n2nc(C)cc2C)nn1)c1nc(C)cs1. The van der Waals surface area contributed by atoms with Crippen LogP contribution in [0.15, 0.2) is 28.6 Å². The smallest absolute Gasteiger partial charge is 0.323 e. The van der Waals surface area contributed by atoms with E-state index in [1.54, 1.807) is 23.7 Å². The van der Waals surface area contributed by atoms with Crippen molar-refractivity contribution >= 4 is 34.9 Å². The zero-order chi connectivity index (χ0) is 21.0. The fourth-order valence-corrected chi connectivity index (χ4v) is 4.32. The maximum Gasteiger partial charge on any atom is 0.323 e. The number of aryl methyl sites for hydroxylation is 3. The molecule has 0 amide bonds.